The van der Waals surface area contributed by atoms with Gasteiger partial charge in [0.15, 0.2) is 0 Å². The molecule has 2 aromatic carbocycles. The van der Waals surface area contributed by atoms with Gasteiger partial charge in [-0.3, -0.25) is 43.3 Å². The van der Waals surface area contributed by atoms with Gasteiger partial charge in [0.25, 0.3) is 11.8 Å². The van der Waals surface area contributed by atoms with Crippen LogP contribution in [0.3, 0.4) is 0 Å². The number of imide groups is 1. The number of carboxylic acid groups (broad SMARTS) is 1. The summed E-state index contributed by atoms with van der Waals surface area (Å²) in [5.74, 6) is -8.43. The number of aliphatic hydroxyl groups is 1. The van der Waals surface area contributed by atoms with Crippen LogP contribution in [-0.4, -0.2) is 135 Å². The molecular weight excluding hydrogens is 953 g/mol. The van der Waals surface area contributed by atoms with Crippen molar-refractivity contribution in [1.82, 2.24) is 41.0 Å². The summed E-state index contributed by atoms with van der Waals surface area (Å²) in [5, 5.41) is 32.5. The molecule has 0 aliphatic carbocycles. The molecule has 5 atom stereocenters. The van der Waals surface area contributed by atoms with Crippen LogP contribution in [0.15, 0.2) is 72.9 Å². The summed E-state index contributed by atoms with van der Waals surface area (Å²) in [6.07, 6.45) is 4.12. The van der Waals surface area contributed by atoms with Crippen molar-refractivity contribution in [3.8, 4) is 11.1 Å². The number of carbonyl (C=O) groups is 9. The Morgan fingerprint density at radius 2 is 1.47 bits per heavy atom. The van der Waals surface area contributed by atoms with Gasteiger partial charge < -0.3 is 52.0 Å². The molecule has 4 rings (SSSR count). The van der Waals surface area contributed by atoms with Crippen molar-refractivity contribution in [2.75, 3.05) is 32.8 Å². The topological polar surface area (TPSA) is 292 Å². The largest absolute Gasteiger partial charge is 0.480 e. The van der Waals surface area contributed by atoms with Crippen LogP contribution in [0.2, 0.25) is 0 Å². The minimum atomic E-state index is -1.34. The third-order valence-electron chi connectivity index (χ3n) is 12.0. The normalized spacial score (nSPS) is 14.5. The number of carboxylic acids is 1. The van der Waals surface area contributed by atoms with Gasteiger partial charge in [0.2, 0.25) is 35.4 Å². The summed E-state index contributed by atoms with van der Waals surface area (Å²) < 4.78 is 31.3. The molecule has 0 spiro atoms. The molecule has 0 saturated heterocycles. The van der Waals surface area contributed by atoms with E-state index in [9.17, 15) is 57.8 Å². The lowest BCUT2D eigenvalue weighted by atomic mass is 9.82. The van der Waals surface area contributed by atoms with Crippen molar-refractivity contribution in [3.63, 3.8) is 0 Å². The Morgan fingerprint density at radius 1 is 0.795 bits per heavy atom. The maximum atomic E-state index is 15.1. The highest BCUT2D eigenvalue weighted by Gasteiger charge is 2.38. The number of carbonyl (C=O) groups excluding carboxylic acids is 8. The van der Waals surface area contributed by atoms with E-state index in [2.05, 4.69) is 26.6 Å². The van der Waals surface area contributed by atoms with E-state index in [0.717, 1.165) is 35.9 Å². The van der Waals surface area contributed by atoms with E-state index in [4.69, 9.17) is 5.73 Å². The number of nitrogens with zero attached hydrogens (tertiary/aromatic N) is 3. The number of aliphatic carboxylic acids is 1. The molecule has 22 heteroatoms. The van der Waals surface area contributed by atoms with E-state index >= 15 is 4.39 Å². The number of nitrogens with two attached hydrogens (primary N) is 1. The molecule has 1 aliphatic rings. The van der Waals surface area contributed by atoms with Crippen LogP contribution in [0.5, 0.6) is 0 Å². The standard InChI is InChI=1S/C51H67F2N9O11/c1-30(2)45(59-41(65)28-62-42(66)17-18-43(62)67)49(71)57-31(3)47(69)58-38(50(72)73)14-10-11-21-55-40(64)19-22-56-48(70)37(54)20-23-61(44(68)29-63)46(51(4,5)6)39-24-33(35-25-34(52)15-16-36(35)53)27-60(39)26-32-12-8-7-9-13-32/h7-9,12-13,15-18,24-25,27,30-31,37-38,45-46,63H,10-11,14,19-23,26,28-29,54H2,1-6H3,(H,55,64)(H,56,70)(H,57,71)(H,58,69)(H,59,65)(H,72,73)/t31-,37-,38-,45?,46-/m0/s1. The van der Waals surface area contributed by atoms with Gasteiger partial charge in [0.1, 0.15) is 42.9 Å². The summed E-state index contributed by atoms with van der Waals surface area (Å²) in [6.45, 7) is 9.08. The molecule has 20 nitrogen and oxygen atoms in total. The number of unbranched alkanes of at least 4 members (excludes halogenated alkanes) is 1. The Kier molecular flexibility index (Phi) is 21.5. The molecule has 3 aromatic rings. The second kappa shape index (κ2) is 26.9. The first-order valence-electron chi connectivity index (χ1n) is 24.0. The predicted octanol–water partition coefficient (Wildman–Crippen LogP) is 2.04. The Labute approximate surface area is 422 Å². The van der Waals surface area contributed by atoms with Gasteiger partial charge in [-0.05, 0) is 73.8 Å². The fraction of sp³-hybridized carbons (Fsp3) is 0.471. The Hall–Kier alpha value is -7.33. The Bertz CT molecular complexity index is 2490. The highest BCUT2D eigenvalue weighted by molar-refractivity contribution is 6.14. The monoisotopic (exact) mass is 1020 g/mol. The predicted molar refractivity (Wildman–Crippen MR) is 263 cm³/mol. The van der Waals surface area contributed by atoms with Crippen LogP contribution in [0.1, 0.15) is 90.9 Å². The molecule has 1 aromatic heterocycles. The van der Waals surface area contributed by atoms with E-state index in [0.29, 0.717) is 29.1 Å². The molecule has 1 unspecified atom stereocenters. The third kappa shape index (κ3) is 17.2. The molecule has 9 N–H and O–H groups in total. The number of nitrogens with one attached hydrogen (secondary N) is 5. The number of aliphatic hydroxyl groups excluding tert-OH is 1. The zero-order chi connectivity index (χ0) is 54.2. The van der Waals surface area contributed by atoms with Gasteiger partial charge in [-0.15, -0.1) is 0 Å². The molecule has 73 heavy (non-hydrogen) atoms. The van der Waals surface area contributed by atoms with E-state index in [1.807, 2.05) is 55.7 Å². The van der Waals surface area contributed by atoms with Crippen molar-refractivity contribution >= 4 is 53.2 Å². The molecule has 0 fully saturated rings. The molecule has 1 aliphatic heterocycles. The Morgan fingerprint density at radius 3 is 2.08 bits per heavy atom. The van der Waals surface area contributed by atoms with Crippen molar-refractivity contribution in [1.29, 1.82) is 0 Å². The number of rotatable bonds is 27. The lowest BCUT2D eigenvalue weighted by molar-refractivity contribution is -0.142. The van der Waals surface area contributed by atoms with Crippen LogP contribution in [0, 0.1) is 23.0 Å². The molecule has 396 valence electrons. The maximum absolute atomic E-state index is 15.1. The van der Waals surface area contributed by atoms with Crippen molar-refractivity contribution in [2.24, 2.45) is 17.1 Å². The molecule has 0 radical (unpaired) electrons. The van der Waals surface area contributed by atoms with Crippen LogP contribution in [-0.2, 0) is 49.7 Å². The van der Waals surface area contributed by atoms with Crippen LogP contribution in [0.4, 0.5) is 8.78 Å². The Balaban J connectivity index is 1.25. The van der Waals surface area contributed by atoms with Gasteiger partial charge >= 0.3 is 5.97 Å². The summed E-state index contributed by atoms with van der Waals surface area (Å²) >= 11 is 0. The molecular formula is C51H67F2N9O11. The number of aromatic nitrogens is 1. The third-order valence-corrected chi connectivity index (χ3v) is 12.0. The molecule has 2 heterocycles. The van der Waals surface area contributed by atoms with Gasteiger partial charge in [0, 0.05) is 67.8 Å². The maximum Gasteiger partial charge on any atom is 0.326 e. The first-order valence-corrected chi connectivity index (χ1v) is 24.0. The quantitative estimate of drug-likeness (QED) is 0.0402. The zero-order valence-electron chi connectivity index (χ0n) is 41.9. The van der Waals surface area contributed by atoms with E-state index in [1.165, 1.54) is 11.8 Å². The zero-order valence-corrected chi connectivity index (χ0v) is 41.9. The fourth-order valence-electron chi connectivity index (χ4n) is 8.14. The SMILES string of the molecule is CC(C)C(NC(=O)CN1C(=O)C=CC1=O)C(=O)N[C@@H](C)C(=O)N[C@@H](CCCCNC(=O)CCNC(=O)[C@@H](N)CCN(C(=O)CO)[C@@H](c1cc(-c2cc(F)ccc2F)cn1Cc1ccccc1)C(C)(C)C)C(=O)O. The minimum Gasteiger partial charge on any atom is -0.480 e. The second-order valence-corrected chi connectivity index (χ2v) is 19.2. The van der Waals surface area contributed by atoms with Crippen LogP contribution in [0.25, 0.3) is 11.1 Å². The number of halogens is 2. The lowest BCUT2D eigenvalue weighted by Gasteiger charge is -2.41. The summed E-state index contributed by atoms with van der Waals surface area (Å²) in [7, 11) is 0. The van der Waals surface area contributed by atoms with Gasteiger partial charge in [0.05, 0.1) is 12.1 Å². The van der Waals surface area contributed by atoms with Gasteiger partial charge in [-0.25, -0.2) is 13.6 Å². The van der Waals surface area contributed by atoms with Gasteiger partial charge in [-0.1, -0.05) is 65.0 Å². The minimum absolute atomic E-state index is 0.0206. The highest BCUT2D eigenvalue weighted by Crippen LogP contribution is 2.41. The average molecular weight is 1020 g/mol. The average Bonchev–Trinajstić information content (AvgIpc) is 3.88. The smallest absolute Gasteiger partial charge is 0.326 e. The molecule has 0 bridgehead atoms. The lowest BCUT2D eigenvalue weighted by Crippen LogP contribution is -2.57. The van der Waals surface area contributed by atoms with E-state index < -0.39 is 120 Å². The number of benzene rings is 2. The van der Waals surface area contributed by atoms with Crippen molar-refractivity contribution < 1.29 is 62.1 Å². The first-order chi connectivity index (χ1) is 34.4. The summed E-state index contributed by atoms with van der Waals surface area (Å²) in [4.78, 5) is 116. The van der Waals surface area contributed by atoms with Crippen LogP contribution < -0.4 is 32.3 Å². The van der Waals surface area contributed by atoms with Gasteiger partial charge in [-0.2, -0.15) is 0 Å². The highest BCUT2D eigenvalue weighted by atomic mass is 19.1. The van der Waals surface area contributed by atoms with E-state index in [-0.39, 0.29) is 50.9 Å². The molecule has 8 amide bonds. The number of hydrogen-bond acceptors (Lipinski definition) is 11. The van der Waals surface area contributed by atoms with E-state index in [1.54, 1.807) is 26.1 Å². The first kappa shape index (κ1) is 58.2. The molecule has 0 saturated carbocycles. The second-order valence-electron chi connectivity index (χ2n) is 19.2. The number of amides is 8. The van der Waals surface area contributed by atoms with Crippen molar-refractivity contribution in [3.05, 3.63) is 95.8 Å². The van der Waals surface area contributed by atoms with Crippen LogP contribution >= 0.6 is 0 Å². The van der Waals surface area contributed by atoms with Crippen molar-refractivity contribution in [2.45, 2.75) is 110 Å². The number of hydrogen-bond donors (Lipinski definition) is 8. The summed E-state index contributed by atoms with van der Waals surface area (Å²) in [5.41, 5.74) is 7.45. The summed E-state index contributed by atoms with van der Waals surface area (Å²) in [6, 6.07) is 8.66. The fourth-order valence-corrected chi connectivity index (χ4v) is 8.14.